The topological polar surface area (TPSA) is 80.3 Å². The molecule has 2 aromatic carbocycles. The normalized spacial score (nSPS) is 10.5. The number of carbonyl (C=O) groups excluding carboxylic acids is 2. The van der Waals surface area contributed by atoms with Gasteiger partial charge in [0.1, 0.15) is 5.75 Å². The molecule has 0 fully saturated rings. The van der Waals surface area contributed by atoms with Crippen molar-refractivity contribution in [2.75, 3.05) is 17.7 Å². The number of anilines is 2. The van der Waals surface area contributed by atoms with Crippen LogP contribution in [0.4, 0.5) is 11.4 Å². The molecule has 2 amide bonds. The van der Waals surface area contributed by atoms with Gasteiger partial charge in [0, 0.05) is 30.2 Å². The van der Waals surface area contributed by atoms with Crippen molar-refractivity contribution in [3.05, 3.63) is 90.3 Å². The number of carbonyl (C=O) groups is 2. The van der Waals surface area contributed by atoms with Crippen LogP contribution in [0.3, 0.4) is 0 Å². The predicted molar refractivity (Wildman–Crippen MR) is 109 cm³/mol. The molecular weight excluding hydrogens is 354 g/mol. The molecule has 28 heavy (non-hydrogen) atoms. The fraction of sp³-hybridized carbons (Fsp3) is 0.0455. The summed E-state index contributed by atoms with van der Waals surface area (Å²) in [7, 11) is 1.56. The Hall–Kier alpha value is -3.93. The maximum absolute atomic E-state index is 12.7. The third kappa shape index (κ3) is 5.04. The van der Waals surface area contributed by atoms with E-state index in [-0.39, 0.29) is 11.8 Å². The minimum absolute atomic E-state index is 0.333. The Morgan fingerprint density at radius 1 is 1.00 bits per heavy atom. The van der Waals surface area contributed by atoms with Gasteiger partial charge < -0.3 is 15.4 Å². The second-order valence-corrected chi connectivity index (χ2v) is 5.84. The van der Waals surface area contributed by atoms with Gasteiger partial charge in [0.2, 0.25) is 5.91 Å². The Labute approximate surface area is 162 Å². The summed E-state index contributed by atoms with van der Waals surface area (Å²) < 4.78 is 5.16. The van der Waals surface area contributed by atoms with Crippen molar-refractivity contribution in [2.24, 2.45) is 0 Å². The van der Waals surface area contributed by atoms with E-state index in [1.54, 1.807) is 80.2 Å². The van der Waals surface area contributed by atoms with Gasteiger partial charge in [0.25, 0.3) is 5.91 Å². The second kappa shape index (κ2) is 9.14. The number of amides is 2. The van der Waals surface area contributed by atoms with E-state index < -0.39 is 0 Å². The number of pyridine rings is 1. The number of hydrogen-bond donors (Lipinski definition) is 2. The lowest BCUT2D eigenvalue weighted by atomic mass is 10.1. The molecule has 3 aromatic rings. The Balaban J connectivity index is 1.72. The van der Waals surface area contributed by atoms with Crippen molar-refractivity contribution in [1.29, 1.82) is 0 Å². The van der Waals surface area contributed by atoms with Crippen LogP contribution in [-0.2, 0) is 4.79 Å². The number of aromatic nitrogens is 1. The minimum Gasteiger partial charge on any atom is -0.497 e. The van der Waals surface area contributed by atoms with Crippen LogP contribution in [-0.4, -0.2) is 23.9 Å². The summed E-state index contributed by atoms with van der Waals surface area (Å²) >= 11 is 0. The first-order valence-electron chi connectivity index (χ1n) is 8.59. The summed E-state index contributed by atoms with van der Waals surface area (Å²) in [5, 5.41) is 5.55. The summed E-state index contributed by atoms with van der Waals surface area (Å²) in [5.74, 6) is -0.0363. The van der Waals surface area contributed by atoms with Gasteiger partial charge >= 0.3 is 0 Å². The van der Waals surface area contributed by atoms with Gasteiger partial charge in [0.05, 0.1) is 18.4 Å². The van der Waals surface area contributed by atoms with Crippen molar-refractivity contribution in [3.8, 4) is 5.75 Å². The van der Waals surface area contributed by atoms with Gasteiger partial charge in [-0.25, -0.2) is 0 Å². The molecule has 0 bridgehead atoms. The van der Waals surface area contributed by atoms with E-state index >= 15 is 0 Å². The minimum atomic E-state index is -0.342. The highest BCUT2D eigenvalue weighted by molar-refractivity contribution is 6.11. The van der Waals surface area contributed by atoms with E-state index in [0.717, 1.165) is 5.56 Å². The number of nitrogens with zero attached hydrogens (tertiary/aromatic N) is 1. The second-order valence-electron chi connectivity index (χ2n) is 5.84. The highest BCUT2D eigenvalue weighted by Gasteiger charge is 2.12. The molecule has 0 aliphatic rings. The molecule has 140 valence electrons. The zero-order chi connectivity index (χ0) is 19.8. The summed E-state index contributed by atoms with van der Waals surface area (Å²) in [6, 6.07) is 17.5. The van der Waals surface area contributed by atoms with Crippen LogP contribution in [0.15, 0.2) is 79.1 Å². The Bertz CT molecular complexity index is 1000. The molecule has 3 rings (SSSR count). The predicted octanol–water partition coefficient (Wildman–Crippen LogP) is 3.99. The lowest BCUT2D eigenvalue weighted by molar-refractivity contribution is -0.111. The van der Waals surface area contributed by atoms with Crippen LogP contribution in [0.1, 0.15) is 15.9 Å². The summed E-state index contributed by atoms with van der Waals surface area (Å²) in [4.78, 5) is 28.9. The van der Waals surface area contributed by atoms with Crippen LogP contribution in [0.25, 0.3) is 6.08 Å². The monoisotopic (exact) mass is 373 g/mol. The number of para-hydroxylation sites is 1. The maximum Gasteiger partial charge on any atom is 0.257 e. The van der Waals surface area contributed by atoms with Crippen molar-refractivity contribution >= 4 is 29.3 Å². The third-order valence-corrected chi connectivity index (χ3v) is 3.87. The number of methoxy groups -OCH3 is 1. The molecule has 1 aromatic heterocycles. The van der Waals surface area contributed by atoms with Gasteiger partial charge in [-0.1, -0.05) is 24.3 Å². The molecule has 0 unspecified atom stereocenters. The molecule has 0 saturated carbocycles. The highest BCUT2D eigenvalue weighted by Crippen LogP contribution is 2.20. The molecule has 0 radical (unpaired) electrons. The molecule has 0 saturated heterocycles. The fourth-order valence-electron chi connectivity index (χ4n) is 2.51. The van der Waals surface area contributed by atoms with Gasteiger partial charge in [-0.15, -0.1) is 0 Å². The molecule has 0 atom stereocenters. The van der Waals surface area contributed by atoms with Crippen molar-refractivity contribution < 1.29 is 14.3 Å². The third-order valence-electron chi connectivity index (χ3n) is 3.87. The van der Waals surface area contributed by atoms with Crippen LogP contribution in [0.2, 0.25) is 0 Å². The number of hydrogen-bond acceptors (Lipinski definition) is 4. The van der Waals surface area contributed by atoms with E-state index in [4.69, 9.17) is 4.74 Å². The highest BCUT2D eigenvalue weighted by atomic mass is 16.5. The molecule has 6 nitrogen and oxygen atoms in total. The van der Waals surface area contributed by atoms with Gasteiger partial charge in [-0.3, -0.25) is 14.6 Å². The quantitative estimate of drug-likeness (QED) is 0.640. The zero-order valence-corrected chi connectivity index (χ0v) is 15.3. The first kappa shape index (κ1) is 18.8. The molecule has 0 aliphatic carbocycles. The van der Waals surface area contributed by atoms with E-state index in [1.807, 2.05) is 6.07 Å². The van der Waals surface area contributed by atoms with E-state index in [2.05, 4.69) is 15.6 Å². The number of benzene rings is 2. The van der Waals surface area contributed by atoms with Crippen LogP contribution in [0.5, 0.6) is 5.75 Å². The molecule has 2 N–H and O–H groups in total. The Morgan fingerprint density at radius 3 is 2.64 bits per heavy atom. The van der Waals surface area contributed by atoms with Crippen LogP contribution >= 0.6 is 0 Å². The zero-order valence-electron chi connectivity index (χ0n) is 15.3. The lowest BCUT2D eigenvalue weighted by Gasteiger charge is -2.11. The van der Waals surface area contributed by atoms with Gasteiger partial charge in [-0.05, 0) is 42.0 Å². The molecule has 6 heteroatoms. The van der Waals surface area contributed by atoms with Gasteiger partial charge in [-0.2, -0.15) is 0 Å². The Kier molecular flexibility index (Phi) is 6.15. The average molecular weight is 373 g/mol. The fourth-order valence-corrected chi connectivity index (χ4v) is 2.51. The van der Waals surface area contributed by atoms with E-state index in [1.165, 1.54) is 6.08 Å². The number of ether oxygens (including phenoxy) is 1. The van der Waals surface area contributed by atoms with E-state index in [0.29, 0.717) is 22.7 Å². The van der Waals surface area contributed by atoms with Crippen molar-refractivity contribution in [1.82, 2.24) is 4.98 Å². The maximum atomic E-state index is 12.7. The standard InChI is InChI=1S/C22H19N3O3/c1-28-18-8-4-7-17(14-18)24-22(27)19-9-2-3-10-20(19)25-21(26)12-11-16-6-5-13-23-15-16/h2-15H,1H3,(H,24,27)(H,25,26)/b12-11+. The molecule has 0 aliphatic heterocycles. The summed E-state index contributed by atoms with van der Waals surface area (Å²) in [5.41, 5.74) is 2.18. The first-order chi connectivity index (χ1) is 13.7. The van der Waals surface area contributed by atoms with Gasteiger partial charge in [0.15, 0.2) is 0 Å². The van der Waals surface area contributed by atoms with Crippen LogP contribution < -0.4 is 15.4 Å². The molecule has 0 spiro atoms. The lowest BCUT2D eigenvalue weighted by Crippen LogP contribution is -2.17. The van der Waals surface area contributed by atoms with Crippen molar-refractivity contribution in [2.45, 2.75) is 0 Å². The first-order valence-corrected chi connectivity index (χ1v) is 8.59. The largest absolute Gasteiger partial charge is 0.497 e. The Morgan fingerprint density at radius 2 is 1.86 bits per heavy atom. The molecular formula is C22H19N3O3. The summed E-state index contributed by atoms with van der Waals surface area (Å²) in [6.45, 7) is 0. The van der Waals surface area contributed by atoms with Crippen LogP contribution in [0, 0.1) is 0 Å². The van der Waals surface area contributed by atoms with Crippen molar-refractivity contribution in [3.63, 3.8) is 0 Å². The van der Waals surface area contributed by atoms with E-state index in [9.17, 15) is 9.59 Å². The molecule has 1 heterocycles. The average Bonchev–Trinajstić information content (AvgIpc) is 2.73. The number of nitrogens with one attached hydrogen (secondary N) is 2. The number of rotatable bonds is 6. The smallest absolute Gasteiger partial charge is 0.257 e. The summed E-state index contributed by atoms with van der Waals surface area (Å²) in [6.07, 6.45) is 6.36. The SMILES string of the molecule is COc1cccc(NC(=O)c2ccccc2NC(=O)/C=C/c2cccnc2)c1.